The Bertz CT molecular complexity index is 434. The molecule has 0 aromatic heterocycles. The molecule has 1 unspecified atom stereocenters. The summed E-state index contributed by atoms with van der Waals surface area (Å²) in [7, 11) is 0. The Kier molecular flexibility index (Phi) is 4.59. The molecule has 0 spiro atoms. The van der Waals surface area contributed by atoms with E-state index in [9.17, 15) is 4.79 Å². The van der Waals surface area contributed by atoms with Gasteiger partial charge in [0.05, 0.1) is 11.7 Å². The highest BCUT2D eigenvalue weighted by molar-refractivity contribution is 6.00. The van der Waals surface area contributed by atoms with Crippen molar-refractivity contribution in [2.75, 3.05) is 18.0 Å². The Morgan fingerprint density at radius 1 is 1.21 bits per heavy atom. The maximum atomic E-state index is 12.5. The SMILES string of the molecule is CCNC1CCN(c2c(CC)cccc2CC)C1=O. The number of nitrogens with one attached hydrogen (secondary N) is 1. The molecule has 0 saturated carbocycles. The van der Waals surface area contributed by atoms with E-state index in [2.05, 4.69) is 37.4 Å². The Morgan fingerprint density at radius 3 is 2.37 bits per heavy atom. The van der Waals surface area contributed by atoms with Crippen LogP contribution in [-0.2, 0) is 17.6 Å². The first-order valence-corrected chi connectivity index (χ1v) is 7.38. The van der Waals surface area contributed by atoms with Gasteiger partial charge in [-0.15, -0.1) is 0 Å². The van der Waals surface area contributed by atoms with Crippen LogP contribution < -0.4 is 10.2 Å². The van der Waals surface area contributed by atoms with Crippen LogP contribution in [0.15, 0.2) is 18.2 Å². The highest BCUT2D eigenvalue weighted by Crippen LogP contribution is 2.30. The lowest BCUT2D eigenvalue weighted by atomic mass is 10.0. The van der Waals surface area contributed by atoms with Gasteiger partial charge in [-0.2, -0.15) is 0 Å². The van der Waals surface area contributed by atoms with E-state index in [1.807, 2.05) is 11.8 Å². The Labute approximate surface area is 116 Å². The number of amides is 1. The molecular formula is C16H24N2O. The summed E-state index contributed by atoms with van der Waals surface area (Å²) >= 11 is 0. The number of likely N-dealkylation sites (N-methyl/N-ethyl adjacent to an activating group) is 1. The maximum absolute atomic E-state index is 12.5. The summed E-state index contributed by atoms with van der Waals surface area (Å²) in [5, 5.41) is 3.28. The Hall–Kier alpha value is -1.35. The fourth-order valence-corrected chi connectivity index (χ4v) is 2.90. The number of hydrogen-bond donors (Lipinski definition) is 1. The number of carbonyl (C=O) groups is 1. The standard InChI is InChI=1S/C16H24N2O/c1-4-12-8-7-9-13(5-2)15(12)18-11-10-14(16(18)19)17-6-3/h7-9,14,17H,4-6,10-11H2,1-3H3. The molecule has 3 heteroatoms. The zero-order valence-electron chi connectivity index (χ0n) is 12.2. The van der Waals surface area contributed by atoms with Gasteiger partial charge in [-0.3, -0.25) is 4.79 Å². The lowest BCUT2D eigenvalue weighted by Crippen LogP contribution is -2.38. The van der Waals surface area contributed by atoms with Crippen LogP contribution in [0.5, 0.6) is 0 Å². The molecule has 1 N–H and O–H groups in total. The van der Waals surface area contributed by atoms with Crippen LogP contribution in [0, 0.1) is 0 Å². The molecule has 0 aliphatic carbocycles. The Balaban J connectivity index is 2.34. The predicted octanol–water partition coefficient (Wildman–Crippen LogP) is 2.53. The van der Waals surface area contributed by atoms with E-state index in [0.29, 0.717) is 0 Å². The highest BCUT2D eigenvalue weighted by atomic mass is 16.2. The minimum Gasteiger partial charge on any atom is -0.310 e. The van der Waals surface area contributed by atoms with Crippen LogP contribution in [0.2, 0.25) is 0 Å². The van der Waals surface area contributed by atoms with Crippen molar-refractivity contribution in [3.63, 3.8) is 0 Å². The number of aryl methyl sites for hydroxylation is 2. The predicted molar refractivity (Wildman–Crippen MR) is 79.6 cm³/mol. The molecule has 1 fully saturated rings. The second kappa shape index (κ2) is 6.20. The molecule has 1 aliphatic heterocycles. The van der Waals surface area contributed by atoms with Crippen molar-refractivity contribution < 1.29 is 4.79 Å². The molecule has 0 radical (unpaired) electrons. The van der Waals surface area contributed by atoms with E-state index in [0.717, 1.165) is 38.0 Å². The van der Waals surface area contributed by atoms with E-state index < -0.39 is 0 Å². The number of benzene rings is 1. The average molecular weight is 260 g/mol. The van der Waals surface area contributed by atoms with Gasteiger partial charge < -0.3 is 10.2 Å². The third-order valence-electron chi connectivity index (χ3n) is 3.89. The van der Waals surface area contributed by atoms with Gasteiger partial charge in [-0.1, -0.05) is 39.0 Å². The van der Waals surface area contributed by atoms with Gasteiger partial charge in [0.25, 0.3) is 0 Å². The molecule has 104 valence electrons. The quantitative estimate of drug-likeness (QED) is 0.882. The number of anilines is 1. The van der Waals surface area contributed by atoms with E-state index in [1.54, 1.807) is 0 Å². The van der Waals surface area contributed by atoms with Gasteiger partial charge in [-0.05, 0) is 36.9 Å². The zero-order valence-corrected chi connectivity index (χ0v) is 12.2. The van der Waals surface area contributed by atoms with Gasteiger partial charge in [0.1, 0.15) is 0 Å². The zero-order chi connectivity index (χ0) is 13.8. The van der Waals surface area contributed by atoms with Crippen molar-refractivity contribution in [3.05, 3.63) is 29.3 Å². The molecular weight excluding hydrogens is 236 g/mol. The highest BCUT2D eigenvalue weighted by Gasteiger charge is 2.33. The third kappa shape index (κ3) is 2.66. The number of carbonyl (C=O) groups excluding carboxylic acids is 1. The van der Waals surface area contributed by atoms with Crippen LogP contribution in [-0.4, -0.2) is 25.0 Å². The van der Waals surface area contributed by atoms with Gasteiger partial charge >= 0.3 is 0 Å². The van der Waals surface area contributed by atoms with Gasteiger partial charge in [0.15, 0.2) is 0 Å². The molecule has 3 nitrogen and oxygen atoms in total. The first kappa shape index (κ1) is 14.1. The largest absolute Gasteiger partial charge is 0.310 e. The average Bonchev–Trinajstić information content (AvgIpc) is 2.79. The normalized spacial score (nSPS) is 19.2. The van der Waals surface area contributed by atoms with Crippen LogP contribution in [0.25, 0.3) is 0 Å². The third-order valence-corrected chi connectivity index (χ3v) is 3.89. The Morgan fingerprint density at radius 2 is 1.84 bits per heavy atom. The summed E-state index contributed by atoms with van der Waals surface area (Å²) < 4.78 is 0. The van der Waals surface area contributed by atoms with Crippen LogP contribution in [0.3, 0.4) is 0 Å². The summed E-state index contributed by atoms with van der Waals surface area (Å²) in [5.41, 5.74) is 3.73. The van der Waals surface area contributed by atoms with Crippen molar-refractivity contribution in [2.24, 2.45) is 0 Å². The fourth-order valence-electron chi connectivity index (χ4n) is 2.90. The van der Waals surface area contributed by atoms with Crippen molar-refractivity contribution in [1.29, 1.82) is 0 Å². The molecule has 1 atom stereocenters. The molecule has 2 rings (SSSR count). The second-order valence-corrected chi connectivity index (χ2v) is 5.02. The lowest BCUT2D eigenvalue weighted by Gasteiger charge is -2.23. The number of para-hydroxylation sites is 1. The molecule has 1 heterocycles. The number of rotatable bonds is 5. The lowest BCUT2D eigenvalue weighted by molar-refractivity contribution is -0.118. The van der Waals surface area contributed by atoms with Crippen LogP contribution in [0.1, 0.15) is 38.3 Å². The smallest absolute Gasteiger partial charge is 0.244 e. The fraction of sp³-hybridized carbons (Fsp3) is 0.562. The minimum absolute atomic E-state index is 0.000353. The van der Waals surface area contributed by atoms with E-state index in [4.69, 9.17) is 0 Å². The molecule has 0 bridgehead atoms. The van der Waals surface area contributed by atoms with Gasteiger partial charge in [0, 0.05) is 6.54 Å². The molecule has 1 saturated heterocycles. The monoisotopic (exact) mass is 260 g/mol. The topological polar surface area (TPSA) is 32.3 Å². The molecule has 1 aliphatic rings. The first-order chi connectivity index (χ1) is 9.22. The second-order valence-electron chi connectivity index (χ2n) is 5.02. The van der Waals surface area contributed by atoms with Crippen molar-refractivity contribution in [1.82, 2.24) is 5.32 Å². The van der Waals surface area contributed by atoms with Gasteiger partial charge in [-0.25, -0.2) is 0 Å². The van der Waals surface area contributed by atoms with E-state index >= 15 is 0 Å². The molecule has 1 aromatic rings. The minimum atomic E-state index is -0.000353. The van der Waals surface area contributed by atoms with E-state index in [1.165, 1.54) is 11.1 Å². The summed E-state index contributed by atoms with van der Waals surface area (Å²) in [6.45, 7) is 8.04. The summed E-state index contributed by atoms with van der Waals surface area (Å²) in [5.74, 6) is 0.234. The molecule has 1 aromatic carbocycles. The first-order valence-electron chi connectivity index (χ1n) is 7.38. The van der Waals surface area contributed by atoms with Gasteiger partial charge in [0.2, 0.25) is 5.91 Å². The summed E-state index contributed by atoms with van der Waals surface area (Å²) in [6.07, 6.45) is 2.85. The van der Waals surface area contributed by atoms with E-state index in [-0.39, 0.29) is 11.9 Å². The molecule has 1 amide bonds. The maximum Gasteiger partial charge on any atom is 0.244 e. The van der Waals surface area contributed by atoms with Crippen molar-refractivity contribution in [3.8, 4) is 0 Å². The molecule has 19 heavy (non-hydrogen) atoms. The van der Waals surface area contributed by atoms with Crippen LogP contribution >= 0.6 is 0 Å². The number of nitrogens with zero attached hydrogens (tertiary/aromatic N) is 1. The van der Waals surface area contributed by atoms with Crippen molar-refractivity contribution >= 4 is 11.6 Å². The number of hydrogen-bond acceptors (Lipinski definition) is 2. The van der Waals surface area contributed by atoms with Crippen LogP contribution in [0.4, 0.5) is 5.69 Å². The van der Waals surface area contributed by atoms with Crippen molar-refractivity contribution in [2.45, 2.75) is 46.1 Å². The summed E-state index contributed by atoms with van der Waals surface area (Å²) in [4.78, 5) is 14.5. The summed E-state index contributed by atoms with van der Waals surface area (Å²) in [6, 6.07) is 6.38.